The van der Waals surface area contributed by atoms with Gasteiger partial charge >= 0.3 is 0 Å². The van der Waals surface area contributed by atoms with Crippen LogP contribution in [0.1, 0.15) is 27.4 Å². The summed E-state index contributed by atoms with van der Waals surface area (Å²) >= 11 is 1.70. The summed E-state index contributed by atoms with van der Waals surface area (Å²) in [6.07, 6.45) is 3.68. The van der Waals surface area contributed by atoms with Gasteiger partial charge in [0.05, 0.1) is 5.01 Å². The van der Waals surface area contributed by atoms with Crippen molar-refractivity contribution in [2.75, 3.05) is 6.54 Å². The molecule has 0 bridgehead atoms. The minimum Gasteiger partial charge on any atom is -0.384 e. The normalized spacial score (nSPS) is 21.6. The van der Waals surface area contributed by atoms with E-state index < -0.39 is 5.60 Å². The Hall–Kier alpha value is -1.23. The second-order valence-electron chi connectivity index (χ2n) is 5.14. The van der Waals surface area contributed by atoms with Crippen LogP contribution in [0.3, 0.4) is 0 Å². The SMILES string of the molecule is Cc1ncc(CNCC2(O)CCc3ccccc32)s1. The molecule has 1 atom stereocenters. The average Bonchev–Trinajstić information content (AvgIpc) is 2.96. The number of thiazole rings is 1. The maximum atomic E-state index is 10.8. The van der Waals surface area contributed by atoms with Crippen LogP contribution in [0.5, 0.6) is 0 Å². The second-order valence-corrected chi connectivity index (χ2v) is 6.46. The molecule has 0 saturated carbocycles. The summed E-state index contributed by atoms with van der Waals surface area (Å²) < 4.78 is 0. The maximum Gasteiger partial charge on any atom is 0.103 e. The fourth-order valence-corrected chi connectivity index (χ4v) is 3.50. The van der Waals surface area contributed by atoms with E-state index in [9.17, 15) is 5.11 Å². The number of aryl methyl sites for hydroxylation is 2. The minimum atomic E-state index is -0.712. The van der Waals surface area contributed by atoms with E-state index >= 15 is 0 Å². The Morgan fingerprint density at radius 3 is 3.05 bits per heavy atom. The van der Waals surface area contributed by atoms with Gasteiger partial charge in [0.15, 0.2) is 0 Å². The molecule has 1 aliphatic carbocycles. The smallest absolute Gasteiger partial charge is 0.103 e. The highest BCUT2D eigenvalue weighted by molar-refractivity contribution is 7.11. The van der Waals surface area contributed by atoms with Gasteiger partial charge < -0.3 is 10.4 Å². The Morgan fingerprint density at radius 2 is 2.26 bits per heavy atom. The van der Waals surface area contributed by atoms with Gasteiger partial charge in [0.1, 0.15) is 5.60 Å². The van der Waals surface area contributed by atoms with Gasteiger partial charge in [-0.15, -0.1) is 11.3 Å². The monoisotopic (exact) mass is 274 g/mol. The van der Waals surface area contributed by atoms with Crippen molar-refractivity contribution in [3.8, 4) is 0 Å². The number of benzene rings is 1. The van der Waals surface area contributed by atoms with Crippen LogP contribution < -0.4 is 5.32 Å². The highest BCUT2D eigenvalue weighted by Crippen LogP contribution is 2.36. The molecule has 0 aliphatic heterocycles. The number of fused-ring (bicyclic) bond motifs is 1. The highest BCUT2D eigenvalue weighted by atomic mass is 32.1. The fourth-order valence-electron chi connectivity index (χ4n) is 2.73. The molecule has 100 valence electrons. The maximum absolute atomic E-state index is 10.8. The summed E-state index contributed by atoms with van der Waals surface area (Å²) in [5, 5.41) is 15.2. The van der Waals surface area contributed by atoms with Crippen LogP contribution in [0.4, 0.5) is 0 Å². The zero-order chi connectivity index (χ0) is 13.3. The van der Waals surface area contributed by atoms with Crippen molar-refractivity contribution in [1.29, 1.82) is 0 Å². The van der Waals surface area contributed by atoms with Gasteiger partial charge in [0, 0.05) is 24.2 Å². The first kappa shape index (κ1) is 12.8. The van der Waals surface area contributed by atoms with Crippen molar-refractivity contribution in [2.24, 2.45) is 0 Å². The zero-order valence-corrected chi connectivity index (χ0v) is 11.8. The van der Waals surface area contributed by atoms with E-state index in [-0.39, 0.29) is 0 Å². The lowest BCUT2D eigenvalue weighted by Crippen LogP contribution is -2.35. The topological polar surface area (TPSA) is 45.2 Å². The summed E-state index contributed by atoms with van der Waals surface area (Å²) in [7, 11) is 0. The van der Waals surface area contributed by atoms with Crippen molar-refractivity contribution in [3.05, 3.63) is 51.5 Å². The number of hydrogen-bond donors (Lipinski definition) is 2. The average molecular weight is 274 g/mol. The zero-order valence-electron chi connectivity index (χ0n) is 11.0. The Bertz CT molecular complexity index is 581. The summed E-state index contributed by atoms with van der Waals surface area (Å²) in [6, 6.07) is 8.19. The van der Waals surface area contributed by atoms with Gasteiger partial charge in [-0.25, -0.2) is 4.98 Å². The lowest BCUT2D eigenvalue weighted by Gasteiger charge is -2.24. The van der Waals surface area contributed by atoms with E-state index in [1.807, 2.05) is 31.3 Å². The van der Waals surface area contributed by atoms with Crippen LogP contribution >= 0.6 is 11.3 Å². The van der Waals surface area contributed by atoms with Gasteiger partial charge in [-0.2, -0.15) is 0 Å². The third-order valence-corrected chi connectivity index (χ3v) is 4.63. The van der Waals surface area contributed by atoms with Gasteiger partial charge in [-0.05, 0) is 30.9 Å². The number of aliphatic hydroxyl groups is 1. The lowest BCUT2D eigenvalue weighted by atomic mass is 9.96. The van der Waals surface area contributed by atoms with E-state index in [0.717, 1.165) is 30.0 Å². The molecule has 1 aromatic carbocycles. The predicted molar refractivity (Wildman–Crippen MR) is 77.2 cm³/mol. The third-order valence-electron chi connectivity index (χ3n) is 3.71. The molecular formula is C15H18N2OS. The van der Waals surface area contributed by atoms with Crippen LogP contribution in [0.25, 0.3) is 0 Å². The molecule has 3 rings (SSSR count). The van der Waals surface area contributed by atoms with Gasteiger partial charge in [-0.3, -0.25) is 0 Å². The fraction of sp³-hybridized carbons (Fsp3) is 0.400. The molecule has 3 nitrogen and oxygen atoms in total. The third kappa shape index (κ3) is 2.56. The van der Waals surface area contributed by atoms with Gasteiger partial charge in [-0.1, -0.05) is 24.3 Å². The van der Waals surface area contributed by atoms with Crippen LogP contribution in [-0.2, 0) is 18.6 Å². The molecule has 1 heterocycles. The quantitative estimate of drug-likeness (QED) is 0.899. The number of rotatable bonds is 4. The molecule has 1 unspecified atom stereocenters. The van der Waals surface area contributed by atoms with E-state index in [1.54, 1.807) is 11.3 Å². The lowest BCUT2D eigenvalue weighted by molar-refractivity contribution is 0.0385. The van der Waals surface area contributed by atoms with E-state index in [2.05, 4.69) is 16.4 Å². The summed E-state index contributed by atoms with van der Waals surface area (Å²) in [4.78, 5) is 5.45. The summed E-state index contributed by atoms with van der Waals surface area (Å²) in [6.45, 7) is 3.38. The second kappa shape index (κ2) is 5.04. The van der Waals surface area contributed by atoms with Crippen molar-refractivity contribution in [3.63, 3.8) is 0 Å². The number of nitrogens with zero attached hydrogens (tertiary/aromatic N) is 1. The summed E-state index contributed by atoms with van der Waals surface area (Å²) in [5.41, 5.74) is 1.65. The van der Waals surface area contributed by atoms with Crippen molar-refractivity contribution >= 4 is 11.3 Å². The first-order valence-electron chi connectivity index (χ1n) is 6.60. The molecule has 2 aromatic rings. The summed E-state index contributed by atoms with van der Waals surface area (Å²) in [5.74, 6) is 0. The van der Waals surface area contributed by atoms with Crippen LogP contribution in [0.15, 0.2) is 30.5 Å². The molecule has 0 saturated heterocycles. The molecule has 0 amide bonds. The molecule has 0 spiro atoms. The molecular weight excluding hydrogens is 256 g/mol. The molecule has 1 aromatic heterocycles. The largest absolute Gasteiger partial charge is 0.384 e. The molecule has 19 heavy (non-hydrogen) atoms. The molecule has 0 fully saturated rings. The number of nitrogens with one attached hydrogen (secondary N) is 1. The first-order chi connectivity index (χ1) is 9.17. The van der Waals surface area contributed by atoms with E-state index in [4.69, 9.17) is 0 Å². The molecule has 1 aliphatic rings. The minimum absolute atomic E-state index is 0.598. The first-order valence-corrected chi connectivity index (χ1v) is 7.42. The van der Waals surface area contributed by atoms with E-state index in [1.165, 1.54) is 10.4 Å². The molecule has 2 N–H and O–H groups in total. The number of aromatic nitrogens is 1. The van der Waals surface area contributed by atoms with Crippen molar-refractivity contribution in [1.82, 2.24) is 10.3 Å². The van der Waals surface area contributed by atoms with Crippen LogP contribution in [-0.4, -0.2) is 16.6 Å². The standard InChI is InChI=1S/C15H18N2OS/c1-11-17-9-13(19-11)8-16-10-15(18)7-6-12-4-2-3-5-14(12)15/h2-5,9,16,18H,6-8,10H2,1H3. The molecule has 4 heteroatoms. The Labute approximate surface area is 117 Å². The Kier molecular flexibility index (Phi) is 3.39. The van der Waals surface area contributed by atoms with Crippen LogP contribution in [0.2, 0.25) is 0 Å². The Morgan fingerprint density at radius 1 is 1.42 bits per heavy atom. The van der Waals surface area contributed by atoms with Gasteiger partial charge in [0.2, 0.25) is 0 Å². The Balaban J connectivity index is 1.64. The van der Waals surface area contributed by atoms with Crippen molar-refractivity contribution in [2.45, 2.75) is 31.9 Å². The van der Waals surface area contributed by atoms with Gasteiger partial charge in [0.25, 0.3) is 0 Å². The predicted octanol–water partition coefficient (Wildman–Crippen LogP) is 2.38. The highest BCUT2D eigenvalue weighted by Gasteiger charge is 2.35. The van der Waals surface area contributed by atoms with E-state index in [0.29, 0.717) is 6.54 Å². The van der Waals surface area contributed by atoms with Crippen LogP contribution in [0, 0.1) is 6.92 Å². The number of hydrogen-bond acceptors (Lipinski definition) is 4. The van der Waals surface area contributed by atoms with Crippen molar-refractivity contribution < 1.29 is 5.11 Å². The molecule has 0 radical (unpaired) electrons.